The van der Waals surface area contributed by atoms with E-state index >= 15 is 0 Å². The summed E-state index contributed by atoms with van der Waals surface area (Å²) in [5.74, 6) is 1.56. The molecule has 0 fully saturated rings. The van der Waals surface area contributed by atoms with E-state index < -0.39 is 0 Å². The molecule has 4 heteroatoms. The quantitative estimate of drug-likeness (QED) is 0.864. The van der Waals surface area contributed by atoms with Crippen molar-refractivity contribution in [1.82, 2.24) is 4.98 Å². The zero-order valence-electron chi connectivity index (χ0n) is 9.07. The van der Waals surface area contributed by atoms with Crippen LogP contribution in [0.5, 0.6) is 5.75 Å². The maximum absolute atomic E-state index is 9.71. The molecule has 1 aromatic heterocycles. The minimum atomic E-state index is 0.0738. The Morgan fingerprint density at radius 2 is 2.12 bits per heavy atom. The van der Waals surface area contributed by atoms with E-state index in [-0.39, 0.29) is 11.7 Å². The highest BCUT2D eigenvalue weighted by molar-refractivity contribution is 6.30. The van der Waals surface area contributed by atoms with Crippen molar-refractivity contribution in [2.45, 2.75) is 19.8 Å². The first-order chi connectivity index (χ1) is 7.58. The summed E-state index contributed by atoms with van der Waals surface area (Å²) in [5, 5.41) is 10.2. The highest BCUT2D eigenvalue weighted by Gasteiger charge is 2.12. The number of benzene rings is 1. The molecule has 2 rings (SSSR count). The molecular formula is C12H12ClNO2. The number of hydrogen-bond donors (Lipinski definition) is 1. The molecule has 16 heavy (non-hydrogen) atoms. The fraction of sp³-hybridized carbons (Fsp3) is 0.250. The molecule has 0 spiro atoms. The first-order valence-corrected chi connectivity index (χ1v) is 5.40. The summed E-state index contributed by atoms with van der Waals surface area (Å²) in [5.41, 5.74) is 0.552. The van der Waals surface area contributed by atoms with Crippen molar-refractivity contribution in [3.63, 3.8) is 0 Å². The topological polar surface area (TPSA) is 46.3 Å². The molecular weight excluding hydrogens is 226 g/mol. The van der Waals surface area contributed by atoms with Crippen molar-refractivity contribution in [3.05, 3.63) is 35.2 Å². The van der Waals surface area contributed by atoms with E-state index in [9.17, 15) is 5.11 Å². The van der Waals surface area contributed by atoms with Crippen molar-refractivity contribution < 1.29 is 9.52 Å². The van der Waals surface area contributed by atoms with Gasteiger partial charge in [-0.2, -0.15) is 0 Å². The molecule has 1 aromatic carbocycles. The number of aromatic hydroxyl groups is 1. The second kappa shape index (κ2) is 4.18. The monoisotopic (exact) mass is 237 g/mol. The Morgan fingerprint density at radius 1 is 1.38 bits per heavy atom. The van der Waals surface area contributed by atoms with E-state index in [4.69, 9.17) is 16.0 Å². The van der Waals surface area contributed by atoms with E-state index in [0.29, 0.717) is 16.5 Å². The second-order valence-corrected chi connectivity index (χ2v) is 4.32. The number of oxazole rings is 1. The number of rotatable bonds is 2. The third-order valence-corrected chi connectivity index (χ3v) is 2.52. The van der Waals surface area contributed by atoms with Gasteiger partial charge in [-0.15, -0.1) is 0 Å². The first kappa shape index (κ1) is 11.0. The van der Waals surface area contributed by atoms with Crippen LogP contribution >= 0.6 is 11.6 Å². The molecule has 0 bridgehead atoms. The van der Waals surface area contributed by atoms with E-state index in [1.54, 1.807) is 18.3 Å². The van der Waals surface area contributed by atoms with Crippen molar-refractivity contribution in [2.24, 2.45) is 0 Å². The van der Waals surface area contributed by atoms with Crippen LogP contribution in [-0.2, 0) is 0 Å². The van der Waals surface area contributed by atoms with Crippen molar-refractivity contribution in [2.75, 3.05) is 0 Å². The number of halogens is 1. The average Bonchev–Trinajstić information content (AvgIpc) is 2.66. The molecule has 0 radical (unpaired) electrons. The lowest BCUT2D eigenvalue weighted by atomic mass is 10.2. The number of hydrogen-bond acceptors (Lipinski definition) is 3. The van der Waals surface area contributed by atoms with Crippen molar-refractivity contribution in [3.8, 4) is 17.2 Å². The molecule has 0 amide bonds. The van der Waals surface area contributed by atoms with Gasteiger partial charge < -0.3 is 9.52 Å². The molecule has 0 saturated heterocycles. The van der Waals surface area contributed by atoms with Gasteiger partial charge in [0.05, 0.1) is 11.8 Å². The highest BCUT2D eigenvalue weighted by Crippen LogP contribution is 2.32. The van der Waals surface area contributed by atoms with Gasteiger partial charge in [-0.1, -0.05) is 25.4 Å². The molecule has 0 aliphatic rings. The van der Waals surface area contributed by atoms with Crippen LogP contribution in [0.25, 0.3) is 11.5 Å². The normalized spacial score (nSPS) is 11.0. The van der Waals surface area contributed by atoms with E-state index in [1.807, 2.05) is 13.8 Å². The first-order valence-electron chi connectivity index (χ1n) is 5.02. The van der Waals surface area contributed by atoms with Gasteiger partial charge in [0.25, 0.3) is 0 Å². The minimum absolute atomic E-state index is 0.0738. The van der Waals surface area contributed by atoms with Gasteiger partial charge in [-0.3, -0.25) is 0 Å². The number of aromatic nitrogens is 1. The highest BCUT2D eigenvalue weighted by atomic mass is 35.5. The number of nitrogens with zero attached hydrogens (tertiary/aromatic N) is 1. The lowest BCUT2D eigenvalue weighted by Gasteiger charge is -2.01. The summed E-state index contributed by atoms with van der Waals surface area (Å²) in [6.07, 6.45) is 1.67. The fourth-order valence-corrected chi connectivity index (χ4v) is 1.53. The number of phenols is 1. The smallest absolute Gasteiger partial charge is 0.230 e. The Morgan fingerprint density at radius 3 is 2.69 bits per heavy atom. The maximum atomic E-state index is 9.71. The molecule has 2 aromatic rings. The van der Waals surface area contributed by atoms with Gasteiger partial charge in [0.15, 0.2) is 0 Å². The van der Waals surface area contributed by atoms with Gasteiger partial charge in [-0.05, 0) is 18.2 Å². The standard InChI is InChI=1S/C12H12ClNO2/c1-7(2)11-6-14-12(16-11)9-4-3-8(13)5-10(9)15/h3-7,15H,1-2H3. The van der Waals surface area contributed by atoms with Crippen LogP contribution in [0.3, 0.4) is 0 Å². The van der Waals surface area contributed by atoms with Crippen LogP contribution < -0.4 is 0 Å². The number of phenolic OH excluding ortho intramolecular Hbond substituents is 1. The molecule has 0 aliphatic carbocycles. The third kappa shape index (κ3) is 2.04. The van der Waals surface area contributed by atoms with Crippen LogP contribution in [0.4, 0.5) is 0 Å². The molecule has 84 valence electrons. The van der Waals surface area contributed by atoms with Crippen molar-refractivity contribution >= 4 is 11.6 Å². The molecule has 0 unspecified atom stereocenters. The Hall–Kier alpha value is -1.48. The van der Waals surface area contributed by atoms with Crippen LogP contribution in [-0.4, -0.2) is 10.1 Å². The van der Waals surface area contributed by atoms with Gasteiger partial charge in [0.2, 0.25) is 5.89 Å². The zero-order chi connectivity index (χ0) is 11.7. The summed E-state index contributed by atoms with van der Waals surface area (Å²) in [7, 11) is 0. The molecule has 0 saturated carbocycles. The molecule has 0 atom stereocenters. The zero-order valence-corrected chi connectivity index (χ0v) is 9.82. The summed E-state index contributed by atoms with van der Waals surface area (Å²) in [6, 6.07) is 4.85. The largest absolute Gasteiger partial charge is 0.507 e. The van der Waals surface area contributed by atoms with Crippen LogP contribution in [0, 0.1) is 0 Å². The Bertz CT molecular complexity index is 505. The van der Waals surface area contributed by atoms with Crippen molar-refractivity contribution in [1.29, 1.82) is 0 Å². The molecule has 1 heterocycles. The second-order valence-electron chi connectivity index (χ2n) is 3.88. The van der Waals surface area contributed by atoms with Gasteiger partial charge >= 0.3 is 0 Å². The predicted octanol–water partition coefficient (Wildman–Crippen LogP) is 3.82. The van der Waals surface area contributed by atoms with Gasteiger partial charge in [-0.25, -0.2) is 4.98 Å². The SMILES string of the molecule is CC(C)c1cnc(-c2ccc(Cl)cc2O)o1. The summed E-state index contributed by atoms with van der Waals surface area (Å²) in [6.45, 7) is 4.04. The van der Waals surface area contributed by atoms with E-state index in [0.717, 1.165) is 5.76 Å². The third-order valence-electron chi connectivity index (χ3n) is 2.28. The van der Waals surface area contributed by atoms with E-state index in [1.165, 1.54) is 6.07 Å². The molecule has 3 nitrogen and oxygen atoms in total. The Balaban J connectivity index is 2.42. The van der Waals surface area contributed by atoms with Crippen LogP contribution in [0.1, 0.15) is 25.5 Å². The minimum Gasteiger partial charge on any atom is -0.507 e. The summed E-state index contributed by atoms with van der Waals surface area (Å²) < 4.78 is 5.54. The van der Waals surface area contributed by atoms with Crippen LogP contribution in [0.2, 0.25) is 5.02 Å². The summed E-state index contributed by atoms with van der Waals surface area (Å²) >= 11 is 5.75. The molecule has 0 aliphatic heterocycles. The summed E-state index contributed by atoms with van der Waals surface area (Å²) in [4.78, 5) is 4.13. The maximum Gasteiger partial charge on any atom is 0.230 e. The predicted molar refractivity (Wildman–Crippen MR) is 62.7 cm³/mol. The van der Waals surface area contributed by atoms with Gasteiger partial charge in [0.1, 0.15) is 11.5 Å². The van der Waals surface area contributed by atoms with E-state index in [2.05, 4.69) is 4.98 Å². The lowest BCUT2D eigenvalue weighted by Crippen LogP contribution is -1.81. The fourth-order valence-electron chi connectivity index (χ4n) is 1.36. The lowest BCUT2D eigenvalue weighted by molar-refractivity contribution is 0.465. The average molecular weight is 238 g/mol. The molecule has 1 N–H and O–H groups in total. The Labute approximate surface area is 98.7 Å². The Kier molecular flexibility index (Phi) is 2.88. The van der Waals surface area contributed by atoms with Gasteiger partial charge in [0, 0.05) is 10.9 Å². The van der Waals surface area contributed by atoms with Crippen LogP contribution in [0.15, 0.2) is 28.8 Å².